The van der Waals surface area contributed by atoms with Gasteiger partial charge in [0.25, 0.3) is 0 Å². The van der Waals surface area contributed by atoms with Gasteiger partial charge in [-0.15, -0.1) is 0 Å². The molecule has 2 N–H and O–H groups in total. The molecular weight excluding hydrogens is 258 g/mol. The summed E-state index contributed by atoms with van der Waals surface area (Å²) in [5.41, 5.74) is 6.71. The first-order chi connectivity index (χ1) is 9.45. The molecule has 0 bridgehead atoms. The Balaban J connectivity index is 2.45. The van der Waals surface area contributed by atoms with E-state index in [9.17, 15) is 9.59 Å². The highest BCUT2D eigenvalue weighted by atomic mass is 16.5. The number of carbonyl (C=O) groups is 2. The van der Waals surface area contributed by atoms with Crippen LogP contribution in [0.3, 0.4) is 0 Å². The molecule has 0 aromatic carbocycles. The zero-order valence-corrected chi connectivity index (χ0v) is 12.4. The Kier molecular flexibility index (Phi) is 6.09. The van der Waals surface area contributed by atoms with Crippen LogP contribution in [0.4, 0.5) is 5.69 Å². The molecular formula is C14H23N3O3. The Labute approximate surface area is 119 Å². The minimum atomic E-state index is -0.396. The second kappa shape index (κ2) is 7.57. The smallest absolute Gasteiger partial charge is 0.355 e. The molecule has 1 aromatic heterocycles. The summed E-state index contributed by atoms with van der Waals surface area (Å²) in [5, 5.41) is 0. The van der Waals surface area contributed by atoms with Crippen molar-refractivity contribution in [3.63, 3.8) is 0 Å². The van der Waals surface area contributed by atoms with Crippen LogP contribution < -0.4 is 5.73 Å². The lowest BCUT2D eigenvalue weighted by atomic mass is 10.3. The predicted molar refractivity (Wildman–Crippen MR) is 77.3 cm³/mol. The number of nitrogens with zero attached hydrogens (tertiary/aromatic N) is 2. The van der Waals surface area contributed by atoms with E-state index in [1.807, 2.05) is 6.92 Å². The lowest BCUT2D eigenvalue weighted by Crippen LogP contribution is -2.22. The first kappa shape index (κ1) is 16.1. The van der Waals surface area contributed by atoms with Crippen molar-refractivity contribution in [2.75, 3.05) is 26.4 Å². The van der Waals surface area contributed by atoms with Gasteiger partial charge in [-0.2, -0.15) is 0 Å². The monoisotopic (exact) mass is 281 g/mol. The molecule has 1 amide bonds. The maximum atomic E-state index is 11.9. The SMILES string of the molecule is CCCn1cc(N)cc1C(=O)OCCCC(=O)N(C)C. The van der Waals surface area contributed by atoms with Gasteiger partial charge in [0.1, 0.15) is 5.69 Å². The van der Waals surface area contributed by atoms with Crippen molar-refractivity contribution in [2.45, 2.75) is 32.7 Å². The molecule has 1 rings (SSSR count). The molecule has 0 fully saturated rings. The van der Waals surface area contributed by atoms with E-state index in [4.69, 9.17) is 10.5 Å². The standard InChI is InChI=1S/C14H23N3O3/c1-4-7-17-10-11(15)9-12(17)14(19)20-8-5-6-13(18)16(2)3/h9-10H,4-8,15H2,1-3H3. The lowest BCUT2D eigenvalue weighted by molar-refractivity contribution is -0.128. The third-order valence-corrected chi connectivity index (χ3v) is 2.86. The lowest BCUT2D eigenvalue weighted by Gasteiger charge is -2.10. The van der Waals surface area contributed by atoms with Gasteiger partial charge in [-0.25, -0.2) is 4.79 Å². The number of ether oxygens (including phenoxy) is 1. The number of hydrogen-bond donors (Lipinski definition) is 1. The summed E-state index contributed by atoms with van der Waals surface area (Å²) < 4.78 is 6.97. The average Bonchev–Trinajstić information content (AvgIpc) is 2.75. The van der Waals surface area contributed by atoms with Crippen LogP contribution in [0, 0.1) is 0 Å². The van der Waals surface area contributed by atoms with E-state index in [2.05, 4.69) is 0 Å². The molecule has 0 saturated heterocycles. The molecule has 0 spiro atoms. The topological polar surface area (TPSA) is 77.6 Å². The van der Waals surface area contributed by atoms with Crippen LogP contribution in [0.15, 0.2) is 12.3 Å². The van der Waals surface area contributed by atoms with Crippen LogP contribution in [0.1, 0.15) is 36.7 Å². The molecule has 0 aliphatic carbocycles. The second-order valence-corrected chi connectivity index (χ2v) is 4.88. The van der Waals surface area contributed by atoms with Gasteiger partial charge in [0.2, 0.25) is 5.91 Å². The number of carbonyl (C=O) groups excluding carboxylic acids is 2. The van der Waals surface area contributed by atoms with E-state index < -0.39 is 5.97 Å². The number of aryl methyl sites for hydroxylation is 1. The normalized spacial score (nSPS) is 10.3. The Hall–Kier alpha value is -1.98. The van der Waals surface area contributed by atoms with Crippen molar-refractivity contribution < 1.29 is 14.3 Å². The van der Waals surface area contributed by atoms with Gasteiger partial charge < -0.3 is 19.9 Å². The number of anilines is 1. The number of aromatic nitrogens is 1. The third-order valence-electron chi connectivity index (χ3n) is 2.86. The largest absolute Gasteiger partial charge is 0.461 e. The van der Waals surface area contributed by atoms with Crippen LogP contribution in [0.25, 0.3) is 0 Å². The molecule has 1 heterocycles. The van der Waals surface area contributed by atoms with Crippen molar-refractivity contribution in [2.24, 2.45) is 0 Å². The minimum Gasteiger partial charge on any atom is -0.461 e. The van der Waals surface area contributed by atoms with Gasteiger partial charge in [-0.3, -0.25) is 4.79 Å². The Bertz CT molecular complexity index is 466. The van der Waals surface area contributed by atoms with Gasteiger partial charge in [-0.1, -0.05) is 6.92 Å². The van der Waals surface area contributed by atoms with E-state index in [0.717, 1.165) is 13.0 Å². The van der Waals surface area contributed by atoms with Crippen molar-refractivity contribution >= 4 is 17.6 Å². The van der Waals surface area contributed by atoms with Crippen LogP contribution in [0.5, 0.6) is 0 Å². The maximum absolute atomic E-state index is 11.9. The maximum Gasteiger partial charge on any atom is 0.355 e. The molecule has 0 unspecified atom stereocenters. The summed E-state index contributed by atoms with van der Waals surface area (Å²) >= 11 is 0. The molecule has 112 valence electrons. The van der Waals surface area contributed by atoms with Crippen molar-refractivity contribution in [3.05, 3.63) is 18.0 Å². The van der Waals surface area contributed by atoms with Crippen LogP contribution in [0.2, 0.25) is 0 Å². The summed E-state index contributed by atoms with van der Waals surface area (Å²) in [6.45, 7) is 2.98. The number of nitrogen functional groups attached to an aromatic ring is 1. The predicted octanol–water partition coefficient (Wildman–Crippen LogP) is 1.51. The number of rotatable bonds is 7. The zero-order chi connectivity index (χ0) is 15.1. The van der Waals surface area contributed by atoms with E-state index in [1.165, 1.54) is 4.90 Å². The van der Waals surface area contributed by atoms with E-state index in [1.54, 1.807) is 30.9 Å². The number of amides is 1. The molecule has 20 heavy (non-hydrogen) atoms. The zero-order valence-electron chi connectivity index (χ0n) is 12.4. The Morgan fingerprint density at radius 1 is 1.40 bits per heavy atom. The Morgan fingerprint density at radius 3 is 2.70 bits per heavy atom. The van der Waals surface area contributed by atoms with Crippen molar-refractivity contribution in [1.82, 2.24) is 9.47 Å². The van der Waals surface area contributed by atoms with Gasteiger partial charge >= 0.3 is 5.97 Å². The van der Waals surface area contributed by atoms with E-state index >= 15 is 0 Å². The highest BCUT2D eigenvalue weighted by Gasteiger charge is 2.14. The minimum absolute atomic E-state index is 0.0275. The fourth-order valence-corrected chi connectivity index (χ4v) is 1.82. The van der Waals surface area contributed by atoms with Crippen LogP contribution in [-0.4, -0.2) is 42.0 Å². The fraction of sp³-hybridized carbons (Fsp3) is 0.571. The molecule has 6 heteroatoms. The van der Waals surface area contributed by atoms with Gasteiger partial charge in [0.05, 0.1) is 12.3 Å². The molecule has 0 aliphatic heterocycles. The molecule has 6 nitrogen and oxygen atoms in total. The second-order valence-electron chi connectivity index (χ2n) is 4.88. The quantitative estimate of drug-likeness (QED) is 0.607. The van der Waals surface area contributed by atoms with Gasteiger partial charge in [0.15, 0.2) is 0 Å². The first-order valence-electron chi connectivity index (χ1n) is 6.78. The molecule has 0 saturated carbocycles. The van der Waals surface area contributed by atoms with Crippen molar-refractivity contribution in [3.8, 4) is 0 Å². The molecule has 0 atom stereocenters. The first-order valence-corrected chi connectivity index (χ1v) is 6.78. The third kappa shape index (κ3) is 4.60. The van der Waals surface area contributed by atoms with Gasteiger partial charge in [0, 0.05) is 33.3 Å². The van der Waals surface area contributed by atoms with Crippen molar-refractivity contribution in [1.29, 1.82) is 0 Å². The summed E-state index contributed by atoms with van der Waals surface area (Å²) in [4.78, 5) is 24.8. The Morgan fingerprint density at radius 2 is 2.10 bits per heavy atom. The molecule has 0 radical (unpaired) electrons. The highest BCUT2D eigenvalue weighted by Crippen LogP contribution is 2.13. The van der Waals surface area contributed by atoms with E-state index in [-0.39, 0.29) is 12.5 Å². The van der Waals surface area contributed by atoms with Crippen LogP contribution in [-0.2, 0) is 16.1 Å². The summed E-state index contributed by atoms with van der Waals surface area (Å²) in [7, 11) is 3.41. The summed E-state index contributed by atoms with van der Waals surface area (Å²) in [6, 6.07) is 1.61. The summed E-state index contributed by atoms with van der Waals surface area (Å²) in [6.07, 6.45) is 3.53. The fourth-order valence-electron chi connectivity index (χ4n) is 1.82. The van der Waals surface area contributed by atoms with E-state index in [0.29, 0.717) is 24.2 Å². The highest BCUT2D eigenvalue weighted by molar-refractivity contribution is 5.89. The van der Waals surface area contributed by atoms with Crippen LogP contribution >= 0.6 is 0 Å². The van der Waals surface area contributed by atoms with Gasteiger partial charge in [-0.05, 0) is 18.9 Å². The summed E-state index contributed by atoms with van der Waals surface area (Å²) in [5.74, 6) is -0.368. The number of hydrogen-bond acceptors (Lipinski definition) is 4. The molecule has 0 aliphatic rings. The molecule has 1 aromatic rings. The average molecular weight is 281 g/mol. The number of nitrogens with two attached hydrogens (primary N) is 1. The number of esters is 1.